The molecule has 12 nitrogen and oxygen atoms in total. The molecule has 6 aliphatic carbocycles. The molecule has 0 unspecified atom stereocenters. The van der Waals surface area contributed by atoms with Crippen molar-refractivity contribution < 1.29 is 57.2 Å². The van der Waals surface area contributed by atoms with Crippen molar-refractivity contribution in [3.8, 4) is 0 Å². The van der Waals surface area contributed by atoms with Crippen LogP contribution in [0.15, 0.2) is 74.4 Å². The number of carbonyl (C=O) groups is 6. The third kappa shape index (κ3) is 35.7. The van der Waals surface area contributed by atoms with Gasteiger partial charge in [-0.3, -0.25) is 0 Å². The largest absolute Gasteiger partial charge is 0.456 e. The molecule has 0 radical (unpaired) electrons. The SMILES string of the molecule is C=C(C)C(=O)OC1(C(C)C)CCCCCCC1.C=C(C)C(=O)OC1(C)CCCCCCC1.C=C(C)C(=O)OC1(CC)CCCCCCC1.C=CC(=O)OC1(C(C)C)CCCCCCC1.C=CC(=O)OC1(C)CCCCCCC1.C=CC(=O)OC1(CC)CCCCCCC1. The lowest BCUT2D eigenvalue weighted by Gasteiger charge is -2.38. The Morgan fingerprint density at radius 2 is 0.527 bits per heavy atom. The summed E-state index contributed by atoms with van der Waals surface area (Å²) in [6.07, 6.45) is 54.9. The molecule has 0 bridgehead atoms. The molecule has 534 valence electrons. The molecular weight excluding hydrogens is 1160 g/mol. The topological polar surface area (TPSA) is 158 Å². The lowest BCUT2D eigenvalue weighted by Crippen LogP contribution is -2.41. The summed E-state index contributed by atoms with van der Waals surface area (Å²) in [6.45, 7) is 43.4. The third-order valence-electron chi connectivity index (χ3n) is 20.6. The van der Waals surface area contributed by atoms with Crippen LogP contribution in [-0.4, -0.2) is 69.4 Å². The summed E-state index contributed by atoms with van der Waals surface area (Å²) in [5, 5.41) is 0. The summed E-state index contributed by atoms with van der Waals surface area (Å²) < 4.78 is 33.7. The van der Waals surface area contributed by atoms with Crippen LogP contribution in [0, 0.1) is 11.8 Å². The molecule has 93 heavy (non-hydrogen) atoms. The molecule has 0 aliphatic heterocycles. The monoisotopic (exact) mass is 1300 g/mol. The van der Waals surface area contributed by atoms with E-state index in [1.165, 1.54) is 211 Å². The Morgan fingerprint density at radius 3 is 0.806 bits per heavy atom. The van der Waals surface area contributed by atoms with Crippen LogP contribution in [0.5, 0.6) is 0 Å². The minimum Gasteiger partial charge on any atom is -0.456 e. The van der Waals surface area contributed by atoms with Gasteiger partial charge in [0, 0.05) is 34.9 Å². The van der Waals surface area contributed by atoms with Gasteiger partial charge in [-0.25, -0.2) is 28.8 Å². The number of carbonyl (C=O) groups excluding carboxylic acids is 6. The van der Waals surface area contributed by atoms with E-state index in [0.717, 1.165) is 89.9 Å². The molecule has 0 N–H and O–H groups in total. The van der Waals surface area contributed by atoms with Gasteiger partial charge in [0.1, 0.15) is 33.6 Å². The Morgan fingerprint density at radius 1 is 0.312 bits per heavy atom. The van der Waals surface area contributed by atoms with Gasteiger partial charge in [-0.2, -0.15) is 0 Å². The number of hydrogen-bond donors (Lipinski definition) is 0. The van der Waals surface area contributed by atoms with Crippen LogP contribution < -0.4 is 0 Å². The number of hydrogen-bond acceptors (Lipinski definition) is 12. The van der Waals surface area contributed by atoms with Gasteiger partial charge in [0.25, 0.3) is 0 Å². The van der Waals surface area contributed by atoms with Gasteiger partial charge in [0.15, 0.2) is 0 Å². The molecule has 0 spiro atoms. The lowest BCUT2D eigenvalue weighted by atomic mass is 9.79. The first-order valence-electron chi connectivity index (χ1n) is 37.3. The summed E-state index contributed by atoms with van der Waals surface area (Å²) >= 11 is 0. The fraction of sp³-hybridized carbons (Fsp3) is 0.778. The number of esters is 6. The summed E-state index contributed by atoms with van der Waals surface area (Å²) in [4.78, 5) is 68.8. The molecule has 12 heteroatoms. The summed E-state index contributed by atoms with van der Waals surface area (Å²) in [7, 11) is 0. The van der Waals surface area contributed by atoms with E-state index in [1.807, 2.05) is 6.92 Å². The molecule has 0 saturated heterocycles. The quantitative estimate of drug-likeness (QED) is 0.0819. The molecule has 0 heterocycles. The van der Waals surface area contributed by atoms with Gasteiger partial charge in [-0.1, -0.05) is 197 Å². The maximum absolute atomic E-state index is 11.8. The first-order chi connectivity index (χ1) is 44.1. The van der Waals surface area contributed by atoms with Crippen LogP contribution in [0.2, 0.25) is 0 Å². The number of rotatable bonds is 16. The highest BCUT2D eigenvalue weighted by Crippen LogP contribution is 2.39. The zero-order chi connectivity index (χ0) is 69.8. The van der Waals surface area contributed by atoms with Gasteiger partial charge < -0.3 is 28.4 Å². The second kappa shape index (κ2) is 47.2. The van der Waals surface area contributed by atoms with E-state index >= 15 is 0 Å². The smallest absolute Gasteiger partial charge is 0.333 e. The van der Waals surface area contributed by atoms with Gasteiger partial charge in [-0.15, -0.1) is 0 Å². The fourth-order valence-electron chi connectivity index (χ4n) is 13.9. The van der Waals surface area contributed by atoms with E-state index in [2.05, 4.69) is 87.9 Å². The highest BCUT2D eigenvalue weighted by Gasteiger charge is 2.40. The van der Waals surface area contributed by atoms with Gasteiger partial charge in [0.2, 0.25) is 0 Å². The molecule has 0 atom stereocenters. The van der Waals surface area contributed by atoms with Crippen LogP contribution in [0.3, 0.4) is 0 Å². The van der Waals surface area contributed by atoms with E-state index in [0.29, 0.717) is 28.6 Å². The molecule has 6 saturated carbocycles. The van der Waals surface area contributed by atoms with E-state index in [1.54, 1.807) is 20.8 Å². The van der Waals surface area contributed by atoms with Crippen molar-refractivity contribution in [2.45, 2.75) is 392 Å². The van der Waals surface area contributed by atoms with Crippen molar-refractivity contribution in [1.82, 2.24) is 0 Å². The first kappa shape index (κ1) is 86.3. The van der Waals surface area contributed by atoms with Crippen LogP contribution in [0.25, 0.3) is 0 Å². The van der Waals surface area contributed by atoms with Crippen LogP contribution >= 0.6 is 0 Å². The second-order valence-electron chi connectivity index (χ2n) is 29.4. The average Bonchev–Trinajstić information content (AvgIpc) is 0.925. The van der Waals surface area contributed by atoms with E-state index in [9.17, 15) is 28.8 Å². The zero-order valence-corrected chi connectivity index (χ0v) is 61.6. The molecular formula is C81H138O12. The Hall–Kier alpha value is -4.74. The maximum Gasteiger partial charge on any atom is 0.333 e. The van der Waals surface area contributed by atoms with E-state index in [-0.39, 0.29) is 69.4 Å². The Labute approximate surface area is 568 Å². The average molecular weight is 1300 g/mol. The molecule has 6 aliphatic rings. The Balaban J connectivity index is 0.000000559. The molecule has 0 amide bonds. The van der Waals surface area contributed by atoms with Crippen molar-refractivity contribution in [1.29, 1.82) is 0 Å². The van der Waals surface area contributed by atoms with Gasteiger partial charge in [-0.05, 0) is 213 Å². The van der Waals surface area contributed by atoms with Gasteiger partial charge >= 0.3 is 35.8 Å². The molecule has 0 aromatic heterocycles. The standard InChI is InChI=1S/C15H26O2.2C14H24O2.2C13H22O2.C12H20O2/c1-12(2)14(16)17-15(13(3)4)10-8-6-5-7-9-11-15;1-4-14(16-13(15)12(2)3)10-8-6-5-7-9-11-14;1-4-13(15)16-14(12(2)3)10-8-6-5-7-9-11-14;1-11(2)12(14)15-13(3)9-7-5-4-6-8-10-13;1-3-12(14)15-13(4-2)10-8-6-5-7-9-11-13;1-3-11(13)14-12(2)9-7-5-4-6-8-10-12/h13H,1,5-11H2,2-4H3;2,4-11H2,1,3H3;4,12H,1,5-11H2,2-3H3;1,4-10H2,2-3H3;3H,1,4-11H2,2H3;3H,1,4-10H2,2H3. The van der Waals surface area contributed by atoms with Crippen molar-refractivity contribution in [3.05, 3.63) is 74.4 Å². The zero-order valence-electron chi connectivity index (χ0n) is 61.6. The van der Waals surface area contributed by atoms with Crippen molar-refractivity contribution in [3.63, 3.8) is 0 Å². The predicted molar refractivity (Wildman–Crippen MR) is 383 cm³/mol. The molecule has 0 aromatic carbocycles. The molecule has 6 rings (SSSR count). The van der Waals surface area contributed by atoms with Crippen molar-refractivity contribution in [2.75, 3.05) is 0 Å². The predicted octanol–water partition coefficient (Wildman–Crippen LogP) is 22.5. The van der Waals surface area contributed by atoms with Crippen LogP contribution in [0.1, 0.15) is 359 Å². The van der Waals surface area contributed by atoms with E-state index < -0.39 is 0 Å². The highest BCUT2D eigenvalue weighted by atomic mass is 16.6. The highest BCUT2D eigenvalue weighted by molar-refractivity contribution is 5.88. The first-order valence-corrected chi connectivity index (χ1v) is 37.3. The van der Waals surface area contributed by atoms with Crippen molar-refractivity contribution >= 4 is 35.8 Å². The molecule has 0 aromatic rings. The minimum absolute atomic E-state index is 0.203. The lowest BCUT2D eigenvalue weighted by molar-refractivity contribution is -0.163. The Bertz CT molecular complexity index is 2200. The third-order valence-corrected chi connectivity index (χ3v) is 20.6. The van der Waals surface area contributed by atoms with Crippen molar-refractivity contribution in [2.24, 2.45) is 11.8 Å². The number of ether oxygens (including phenoxy) is 6. The minimum atomic E-state index is -0.284. The maximum atomic E-state index is 11.8. The summed E-state index contributed by atoms with van der Waals surface area (Å²) in [6, 6.07) is 0. The van der Waals surface area contributed by atoms with E-state index in [4.69, 9.17) is 28.4 Å². The van der Waals surface area contributed by atoms with Crippen LogP contribution in [-0.2, 0) is 57.2 Å². The Kier molecular flexibility index (Phi) is 43.8. The molecule has 6 fully saturated rings. The van der Waals surface area contributed by atoms with Crippen LogP contribution in [0.4, 0.5) is 0 Å². The van der Waals surface area contributed by atoms with Gasteiger partial charge in [0.05, 0.1) is 0 Å². The summed E-state index contributed by atoms with van der Waals surface area (Å²) in [5.74, 6) is -0.738. The normalized spacial score (nSPS) is 21.0. The fourth-order valence-corrected chi connectivity index (χ4v) is 13.9. The summed E-state index contributed by atoms with van der Waals surface area (Å²) in [5.41, 5.74) is 0.104. The second-order valence-corrected chi connectivity index (χ2v) is 29.4.